The van der Waals surface area contributed by atoms with Crippen LogP contribution in [0.2, 0.25) is 0 Å². The van der Waals surface area contributed by atoms with Crippen molar-refractivity contribution in [3.8, 4) is 11.5 Å². The van der Waals surface area contributed by atoms with Crippen LogP contribution >= 0.6 is 0 Å². The molecule has 6 heteroatoms. The third-order valence-corrected chi connectivity index (χ3v) is 4.17. The van der Waals surface area contributed by atoms with Crippen LogP contribution < -0.4 is 14.7 Å². The van der Waals surface area contributed by atoms with Gasteiger partial charge < -0.3 is 14.7 Å². The normalized spacial score (nSPS) is 12.1. The number of hydrogen-bond acceptors (Lipinski definition) is 4. The molecule has 1 atom stereocenters. The van der Waals surface area contributed by atoms with E-state index in [0.717, 1.165) is 12.8 Å². The van der Waals surface area contributed by atoms with E-state index in [4.69, 9.17) is 19.2 Å². The zero-order chi connectivity index (χ0) is 17.6. The molecule has 1 unspecified atom stereocenters. The van der Waals surface area contributed by atoms with Crippen LogP contribution in [0.25, 0.3) is 0 Å². The van der Waals surface area contributed by atoms with E-state index in [-0.39, 0.29) is 5.75 Å². The lowest BCUT2D eigenvalue weighted by molar-refractivity contribution is 0.303. The van der Waals surface area contributed by atoms with Gasteiger partial charge in [-0.15, -0.1) is 0 Å². The Morgan fingerprint density at radius 3 is 2.04 bits per heavy atom. The van der Waals surface area contributed by atoms with Gasteiger partial charge in [-0.1, -0.05) is 64.7 Å². The highest BCUT2D eigenvalue weighted by Gasteiger charge is 2.04. The van der Waals surface area contributed by atoms with Crippen molar-refractivity contribution in [2.45, 2.75) is 71.1 Å². The van der Waals surface area contributed by atoms with Gasteiger partial charge in [0.05, 0.1) is 6.61 Å². The zero-order valence-corrected chi connectivity index (χ0v) is 15.5. The first-order valence-electron chi connectivity index (χ1n) is 8.94. The average Bonchev–Trinajstić information content (AvgIpc) is 2.51. The second-order valence-electron chi connectivity index (χ2n) is 6.07. The molecule has 3 N–H and O–H groups in total. The predicted molar refractivity (Wildman–Crippen MR) is 99.6 cm³/mol. The Morgan fingerprint density at radius 1 is 0.917 bits per heavy atom. The van der Waals surface area contributed by atoms with Gasteiger partial charge in [0.25, 0.3) is 0 Å². The molecule has 0 bridgehead atoms. The Labute approximate surface area is 148 Å². The molecule has 1 aromatic carbocycles. The van der Waals surface area contributed by atoms with Crippen LogP contribution in [0.1, 0.15) is 71.1 Å². The fourth-order valence-corrected chi connectivity index (χ4v) is 2.85. The number of hydrogen-bond donors (Lipinski definition) is 2. The number of ether oxygens (including phenoxy) is 1. The summed E-state index contributed by atoms with van der Waals surface area (Å²) in [6.45, 7) is 2.86. The minimum absolute atomic E-state index is 0.230. The van der Waals surface area contributed by atoms with E-state index in [0.29, 0.717) is 18.0 Å². The molecule has 138 valence electrons. The topological polar surface area (TPSA) is 81.8 Å². The summed E-state index contributed by atoms with van der Waals surface area (Å²) >= 11 is -2.36. The second-order valence-corrected chi connectivity index (χ2v) is 6.67. The van der Waals surface area contributed by atoms with Crippen LogP contribution in [-0.4, -0.2) is 15.4 Å². The largest absolute Gasteiger partial charge is 0.493 e. The second kappa shape index (κ2) is 13.1. The van der Waals surface area contributed by atoms with Gasteiger partial charge in [-0.2, -0.15) is 4.21 Å². The van der Waals surface area contributed by atoms with Gasteiger partial charge in [0.1, 0.15) is 11.5 Å². The Kier molecular flexibility index (Phi) is 11.3. The fourth-order valence-electron chi connectivity index (χ4n) is 2.59. The zero-order valence-electron chi connectivity index (χ0n) is 14.7. The molecular weight excluding hydrogens is 326 g/mol. The number of benzene rings is 1. The van der Waals surface area contributed by atoms with Crippen LogP contribution in [0, 0.1) is 0 Å². The maximum atomic E-state index is 10.7. The van der Waals surface area contributed by atoms with Crippen LogP contribution in [0.5, 0.6) is 11.5 Å². The molecule has 0 amide bonds. The Bertz CT molecular complexity index is 482. The molecule has 0 aliphatic carbocycles. The van der Waals surface area contributed by atoms with E-state index < -0.39 is 11.4 Å². The van der Waals surface area contributed by atoms with Crippen LogP contribution in [0.4, 0.5) is 5.69 Å². The maximum absolute atomic E-state index is 10.7. The van der Waals surface area contributed by atoms with Crippen molar-refractivity contribution in [1.29, 1.82) is 0 Å². The summed E-state index contributed by atoms with van der Waals surface area (Å²) in [6.07, 6.45) is 12.8. The van der Waals surface area contributed by atoms with Crippen molar-refractivity contribution in [2.24, 2.45) is 0 Å². The van der Waals surface area contributed by atoms with Crippen LogP contribution in [0.3, 0.4) is 0 Å². The number of nitrogens with two attached hydrogens (primary N) is 1. The first-order chi connectivity index (χ1) is 11.6. The van der Waals surface area contributed by atoms with Crippen molar-refractivity contribution < 1.29 is 17.7 Å². The van der Waals surface area contributed by atoms with Crippen LogP contribution in [0.15, 0.2) is 18.2 Å². The first kappa shape index (κ1) is 20.8. The average molecular weight is 358 g/mol. The van der Waals surface area contributed by atoms with E-state index in [2.05, 4.69) is 6.92 Å². The van der Waals surface area contributed by atoms with Gasteiger partial charge in [-0.3, -0.25) is 4.55 Å². The van der Waals surface area contributed by atoms with E-state index in [9.17, 15) is 4.21 Å². The maximum Gasteiger partial charge on any atom is 0.357 e. The van der Waals surface area contributed by atoms with E-state index in [1.165, 1.54) is 57.4 Å². The lowest BCUT2D eigenvalue weighted by atomic mass is 10.1. The molecule has 1 rings (SSSR count). The van der Waals surface area contributed by atoms with Crippen molar-refractivity contribution >= 4 is 17.0 Å². The highest BCUT2D eigenvalue weighted by atomic mass is 32.2. The third kappa shape index (κ3) is 10.5. The fraction of sp³-hybridized carbons (Fsp3) is 0.667. The lowest BCUT2D eigenvalue weighted by Gasteiger charge is -2.09. The summed E-state index contributed by atoms with van der Waals surface area (Å²) in [6, 6.07) is 4.74. The Hall–Kier alpha value is -1.27. The van der Waals surface area contributed by atoms with Gasteiger partial charge in [0, 0.05) is 23.9 Å². The van der Waals surface area contributed by atoms with E-state index >= 15 is 0 Å². The van der Waals surface area contributed by atoms with Crippen LogP contribution in [-0.2, 0) is 11.4 Å². The summed E-state index contributed by atoms with van der Waals surface area (Å²) in [7, 11) is 0. The third-order valence-electron chi connectivity index (χ3n) is 3.84. The van der Waals surface area contributed by atoms with Gasteiger partial charge in [0.15, 0.2) is 0 Å². The molecule has 0 heterocycles. The van der Waals surface area contributed by atoms with Gasteiger partial charge in [0.2, 0.25) is 0 Å². The highest BCUT2D eigenvalue weighted by Crippen LogP contribution is 2.25. The van der Waals surface area contributed by atoms with Crippen molar-refractivity contribution in [1.82, 2.24) is 0 Å². The standard InChI is InChI=1S/C18H31NO4S/c1-2-3-4-5-6-7-8-9-10-11-12-22-17-13-16(19)14-18(15-17)23-24(20)21/h13-15H,2-12,19H2,1H3,(H,20,21). The minimum atomic E-state index is -2.36. The SMILES string of the molecule is CCCCCCCCCCCCOc1cc(N)cc(OS(=O)O)c1. The molecule has 0 aliphatic heterocycles. The van der Waals surface area contributed by atoms with Gasteiger partial charge in [-0.25, -0.2) is 0 Å². The highest BCUT2D eigenvalue weighted by molar-refractivity contribution is 7.74. The summed E-state index contributed by atoms with van der Waals surface area (Å²) in [5.41, 5.74) is 6.16. The molecule has 0 fully saturated rings. The molecule has 0 radical (unpaired) electrons. The molecular formula is C18H31NO4S. The molecule has 0 aliphatic rings. The summed E-state index contributed by atoms with van der Waals surface area (Å²) in [4.78, 5) is 0. The summed E-state index contributed by atoms with van der Waals surface area (Å²) < 4.78 is 29.7. The number of anilines is 1. The number of rotatable bonds is 14. The number of unbranched alkanes of at least 4 members (excludes halogenated alkanes) is 9. The molecule has 1 aromatic rings. The van der Waals surface area contributed by atoms with Gasteiger partial charge in [-0.05, 0) is 6.42 Å². The minimum Gasteiger partial charge on any atom is -0.493 e. The lowest BCUT2D eigenvalue weighted by Crippen LogP contribution is -2.01. The van der Waals surface area contributed by atoms with E-state index in [1.54, 1.807) is 12.1 Å². The molecule has 0 saturated carbocycles. The van der Waals surface area contributed by atoms with Gasteiger partial charge >= 0.3 is 11.4 Å². The number of nitrogen functional groups attached to an aromatic ring is 1. The predicted octanol–water partition coefficient (Wildman–Crippen LogP) is 5.08. The Balaban J connectivity index is 2.08. The molecule has 0 saturated heterocycles. The summed E-state index contributed by atoms with van der Waals surface area (Å²) in [5.74, 6) is 0.792. The summed E-state index contributed by atoms with van der Waals surface area (Å²) in [5, 5.41) is 0. The monoisotopic (exact) mass is 357 g/mol. The molecule has 0 aromatic heterocycles. The smallest absolute Gasteiger partial charge is 0.357 e. The van der Waals surface area contributed by atoms with Crippen molar-refractivity contribution in [2.75, 3.05) is 12.3 Å². The van der Waals surface area contributed by atoms with Crippen molar-refractivity contribution in [3.63, 3.8) is 0 Å². The first-order valence-corrected chi connectivity index (χ1v) is 9.97. The molecule has 5 nitrogen and oxygen atoms in total. The van der Waals surface area contributed by atoms with Crippen molar-refractivity contribution in [3.05, 3.63) is 18.2 Å². The Morgan fingerprint density at radius 2 is 1.46 bits per heavy atom. The molecule has 24 heavy (non-hydrogen) atoms. The quantitative estimate of drug-likeness (QED) is 0.275. The van der Waals surface area contributed by atoms with E-state index in [1.807, 2.05) is 0 Å². The molecule has 0 spiro atoms.